The summed E-state index contributed by atoms with van der Waals surface area (Å²) in [6.45, 7) is 3.55. The maximum Gasteiger partial charge on any atom is 0.338 e. The van der Waals surface area contributed by atoms with Crippen LogP contribution in [0, 0.1) is 0 Å². The Kier molecular flexibility index (Phi) is 4.09. The highest BCUT2D eigenvalue weighted by Crippen LogP contribution is 2.06. The molecule has 1 rings (SSSR count). The number of hydrogen-bond acceptors (Lipinski definition) is 3. The molecule has 0 bridgehead atoms. The van der Waals surface area contributed by atoms with Gasteiger partial charge in [-0.25, -0.2) is 4.79 Å². The third kappa shape index (κ3) is 3.76. The number of carboxylic acid groups (broad SMARTS) is 1. The molecular weight excluding hydrogens is 208 g/mol. The molecule has 2 N–H and O–H groups in total. The molecule has 0 atom stereocenters. The normalized spacial score (nSPS) is 10.8. The van der Waals surface area contributed by atoms with Crippen LogP contribution in [-0.4, -0.2) is 31.6 Å². The first-order valence-corrected chi connectivity index (χ1v) is 3.86. The minimum Gasteiger partial charge on any atom is -0.478 e. The van der Waals surface area contributed by atoms with Crippen molar-refractivity contribution in [2.45, 2.75) is 26.0 Å². The van der Waals surface area contributed by atoms with Gasteiger partial charge in [0, 0.05) is 6.20 Å². The van der Waals surface area contributed by atoms with Crippen molar-refractivity contribution in [3.8, 4) is 0 Å². The molecular formula is C8H13ClN2O3. The molecule has 1 aromatic rings. The van der Waals surface area contributed by atoms with Gasteiger partial charge in [0.05, 0.1) is 23.9 Å². The number of rotatable bonds is 3. The number of carboxylic acids is 1. The van der Waals surface area contributed by atoms with Gasteiger partial charge in [0.1, 0.15) is 0 Å². The fourth-order valence-corrected chi connectivity index (χ4v) is 0.957. The number of nitrogens with zero attached hydrogens (tertiary/aromatic N) is 2. The van der Waals surface area contributed by atoms with E-state index in [0.29, 0.717) is 0 Å². The van der Waals surface area contributed by atoms with E-state index in [9.17, 15) is 9.90 Å². The van der Waals surface area contributed by atoms with Gasteiger partial charge in [-0.2, -0.15) is 5.10 Å². The summed E-state index contributed by atoms with van der Waals surface area (Å²) in [6.07, 6.45) is 2.65. The summed E-state index contributed by atoms with van der Waals surface area (Å²) in [6, 6.07) is 0. The van der Waals surface area contributed by atoms with Crippen LogP contribution in [0.25, 0.3) is 0 Å². The van der Waals surface area contributed by atoms with Crippen LogP contribution in [0.3, 0.4) is 0 Å². The summed E-state index contributed by atoms with van der Waals surface area (Å²) in [7, 11) is 0. The van der Waals surface area contributed by atoms with E-state index in [1.165, 1.54) is 17.1 Å². The first-order chi connectivity index (χ1) is 5.88. The number of carbonyl (C=O) groups is 1. The monoisotopic (exact) mass is 220 g/mol. The fraction of sp³-hybridized carbons (Fsp3) is 0.500. The highest BCUT2D eigenvalue weighted by atomic mass is 35.5. The average Bonchev–Trinajstić information content (AvgIpc) is 2.31. The van der Waals surface area contributed by atoms with E-state index in [1.54, 1.807) is 13.8 Å². The number of hydrogen-bond donors (Lipinski definition) is 2. The molecule has 0 aromatic carbocycles. The summed E-state index contributed by atoms with van der Waals surface area (Å²) in [5.74, 6) is -1.01. The van der Waals surface area contributed by atoms with Crippen molar-refractivity contribution in [3.05, 3.63) is 18.0 Å². The summed E-state index contributed by atoms with van der Waals surface area (Å²) in [5, 5.41) is 21.8. The van der Waals surface area contributed by atoms with Crippen LogP contribution in [0.4, 0.5) is 0 Å². The summed E-state index contributed by atoms with van der Waals surface area (Å²) < 4.78 is 1.41. The van der Waals surface area contributed by atoms with Crippen molar-refractivity contribution >= 4 is 18.4 Å². The highest BCUT2D eigenvalue weighted by molar-refractivity contribution is 5.86. The third-order valence-corrected chi connectivity index (χ3v) is 1.43. The number of aliphatic hydroxyl groups is 1. The van der Waals surface area contributed by atoms with Gasteiger partial charge in [0.25, 0.3) is 0 Å². The van der Waals surface area contributed by atoms with E-state index in [2.05, 4.69) is 5.10 Å². The molecule has 0 aliphatic rings. The second-order valence-electron chi connectivity index (χ2n) is 3.54. The maximum atomic E-state index is 10.5. The average molecular weight is 221 g/mol. The standard InChI is InChI=1S/C8H12N2O3.ClH/c1-8(2,13)5-10-4-6(3-9-10)7(11)12;/h3-4,13H,5H2,1-2H3,(H,11,12);1H. The molecule has 0 aliphatic carbocycles. The van der Waals surface area contributed by atoms with E-state index in [0.717, 1.165) is 0 Å². The van der Waals surface area contributed by atoms with Crippen LogP contribution in [-0.2, 0) is 6.54 Å². The van der Waals surface area contributed by atoms with E-state index in [4.69, 9.17) is 5.11 Å². The SMILES string of the molecule is CC(C)(O)Cn1cc(C(=O)O)cn1.Cl. The van der Waals surface area contributed by atoms with Crippen LogP contribution in [0.2, 0.25) is 0 Å². The lowest BCUT2D eigenvalue weighted by Gasteiger charge is -2.16. The van der Waals surface area contributed by atoms with Crippen LogP contribution >= 0.6 is 12.4 Å². The van der Waals surface area contributed by atoms with Gasteiger partial charge in [0.15, 0.2) is 0 Å². The molecule has 0 saturated carbocycles. The Morgan fingerprint density at radius 2 is 2.21 bits per heavy atom. The van der Waals surface area contributed by atoms with Gasteiger partial charge in [-0.05, 0) is 13.8 Å². The van der Waals surface area contributed by atoms with Crippen LogP contribution in [0.5, 0.6) is 0 Å². The largest absolute Gasteiger partial charge is 0.478 e. The molecule has 0 unspecified atom stereocenters. The van der Waals surface area contributed by atoms with Crippen molar-refractivity contribution in [2.24, 2.45) is 0 Å². The lowest BCUT2D eigenvalue weighted by atomic mass is 10.1. The number of aromatic nitrogens is 2. The van der Waals surface area contributed by atoms with Crippen molar-refractivity contribution in [1.29, 1.82) is 0 Å². The second-order valence-corrected chi connectivity index (χ2v) is 3.54. The van der Waals surface area contributed by atoms with E-state index in [1.807, 2.05) is 0 Å². The van der Waals surface area contributed by atoms with Crippen molar-refractivity contribution in [3.63, 3.8) is 0 Å². The zero-order chi connectivity index (χ0) is 10.1. The molecule has 0 aliphatic heterocycles. The number of aromatic carboxylic acids is 1. The molecule has 80 valence electrons. The summed E-state index contributed by atoms with van der Waals surface area (Å²) in [4.78, 5) is 10.5. The minimum absolute atomic E-state index is 0. The van der Waals surface area contributed by atoms with Gasteiger partial charge in [0.2, 0.25) is 0 Å². The molecule has 0 saturated heterocycles. The first-order valence-electron chi connectivity index (χ1n) is 3.86. The lowest BCUT2D eigenvalue weighted by molar-refractivity contribution is 0.0573. The maximum absolute atomic E-state index is 10.5. The van der Waals surface area contributed by atoms with Gasteiger partial charge < -0.3 is 10.2 Å². The quantitative estimate of drug-likeness (QED) is 0.789. The van der Waals surface area contributed by atoms with E-state index >= 15 is 0 Å². The molecule has 0 spiro atoms. The predicted octanol–water partition coefficient (Wildman–Crippen LogP) is 0.774. The van der Waals surface area contributed by atoms with Crippen molar-refractivity contribution in [2.75, 3.05) is 0 Å². The molecule has 0 fully saturated rings. The van der Waals surface area contributed by atoms with Gasteiger partial charge in [-0.1, -0.05) is 0 Å². The van der Waals surface area contributed by atoms with Gasteiger partial charge in [-0.15, -0.1) is 12.4 Å². The van der Waals surface area contributed by atoms with Gasteiger partial charge >= 0.3 is 5.97 Å². The second kappa shape index (κ2) is 4.43. The molecule has 6 heteroatoms. The fourth-order valence-electron chi connectivity index (χ4n) is 0.957. The topological polar surface area (TPSA) is 75.4 Å². The Bertz CT molecular complexity index is 317. The molecule has 5 nitrogen and oxygen atoms in total. The van der Waals surface area contributed by atoms with Crippen molar-refractivity contribution < 1.29 is 15.0 Å². The molecule has 1 heterocycles. The van der Waals surface area contributed by atoms with Crippen LogP contribution in [0.1, 0.15) is 24.2 Å². The first kappa shape index (κ1) is 12.9. The predicted molar refractivity (Wildman–Crippen MR) is 52.7 cm³/mol. The lowest BCUT2D eigenvalue weighted by Crippen LogP contribution is -2.26. The van der Waals surface area contributed by atoms with E-state index < -0.39 is 11.6 Å². The zero-order valence-corrected chi connectivity index (χ0v) is 8.78. The van der Waals surface area contributed by atoms with Gasteiger partial charge in [-0.3, -0.25) is 4.68 Å². The minimum atomic E-state index is -1.01. The Labute approximate surface area is 87.8 Å². The Hall–Kier alpha value is -1.07. The van der Waals surface area contributed by atoms with Crippen LogP contribution in [0.15, 0.2) is 12.4 Å². The highest BCUT2D eigenvalue weighted by Gasteiger charge is 2.15. The van der Waals surface area contributed by atoms with E-state index in [-0.39, 0.29) is 24.5 Å². The Balaban J connectivity index is 0.00000169. The van der Waals surface area contributed by atoms with Crippen LogP contribution < -0.4 is 0 Å². The third-order valence-electron chi connectivity index (χ3n) is 1.43. The smallest absolute Gasteiger partial charge is 0.338 e. The molecule has 0 radical (unpaired) electrons. The Morgan fingerprint density at radius 1 is 1.64 bits per heavy atom. The Morgan fingerprint density at radius 3 is 2.57 bits per heavy atom. The zero-order valence-electron chi connectivity index (χ0n) is 7.97. The summed E-state index contributed by atoms with van der Waals surface area (Å²) >= 11 is 0. The molecule has 0 amide bonds. The number of halogens is 1. The van der Waals surface area contributed by atoms with Crippen molar-refractivity contribution in [1.82, 2.24) is 9.78 Å². The molecule has 14 heavy (non-hydrogen) atoms. The summed E-state index contributed by atoms with van der Waals surface area (Å²) in [5.41, 5.74) is -0.758. The molecule has 1 aromatic heterocycles.